The first-order valence-electron chi connectivity index (χ1n) is 6.27. The smallest absolute Gasteiger partial charge is 0.293 e. The minimum atomic E-state index is -0.312. The Morgan fingerprint density at radius 1 is 1.40 bits per heavy atom. The van der Waals surface area contributed by atoms with E-state index in [-0.39, 0.29) is 16.9 Å². The molecule has 20 heavy (non-hydrogen) atoms. The normalized spacial score (nSPS) is 17.3. The van der Waals surface area contributed by atoms with Gasteiger partial charge in [-0.15, -0.1) is 0 Å². The summed E-state index contributed by atoms with van der Waals surface area (Å²) in [5.41, 5.74) is 0.429. The van der Waals surface area contributed by atoms with E-state index in [2.05, 4.69) is 0 Å². The minimum Gasteiger partial charge on any atom is -0.507 e. The van der Waals surface area contributed by atoms with Crippen molar-refractivity contribution in [1.29, 1.82) is 0 Å². The number of benzene rings is 1. The molecular weight excluding hydrogens is 298 g/mol. The van der Waals surface area contributed by atoms with Crippen molar-refractivity contribution in [3.63, 3.8) is 0 Å². The maximum atomic E-state index is 12.1. The first kappa shape index (κ1) is 14.9. The van der Waals surface area contributed by atoms with Crippen LogP contribution in [0, 0.1) is 0 Å². The van der Waals surface area contributed by atoms with Crippen molar-refractivity contribution in [2.45, 2.75) is 19.8 Å². The molecule has 1 aromatic carbocycles. The summed E-state index contributed by atoms with van der Waals surface area (Å²) < 4.78 is 0. The van der Waals surface area contributed by atoms with Gasteiger partial charge in [0, 0.05) is 17.1 Å². The Morgan fingerprint density at radius 3 is 2.85 bits per heavy atom. The molecule has 106 valence electrons. The van der Waals surface area contributed by atoms with E-state index < -0.39 is 0 Å². The molecule has 0 aliphatic carbocycles. The van der Waals surface area contributed by atoms with E-state index in [1.54, 1.807) is 12.1 Å². The molecule has 6 heteroatoms. The molecule has 0 radical (unpaired) electrons. The molecule has 0 atom stereocenters. The molecule has 1 heterocycles. The molecule has 0 bridgehead atoms. The van der Waals surface area contributed by atoms with Crippen LogP contribution in [0.3, 0.4) is 0 Å². The zero-order valence-electron chi connectivity index (χ0n) is 10.9. The van der Waals surface area contributed by atoms with E-state index in [0.29, 0.717) is 22.0 Å². The number of phenols is 1. The number of carbonyl (C=O) groups excluding carboxylic acids is 2. The predicted octanol–water partition coefficient (Wildman–Crippen LogP) is 3.88. The largest absolute Gasteiger partial charge is 0.507 e. The second kappa shape index (κ2) is 6.33. The summed E-state index contributed by atoms with van der Waals surface area (Å²) in [5, 5.41) is 9.92. The van der Waals surface area contributed by atoms with Crippen LogP contribution in [0.25, 0.3) is 6.08 Å². The van der Waals surface area contributed by atoms with E-state index in [1.807, 2.05) is 6.92 Å². The second-order valence-electron chi connectivity index (χ2n) is 4.39. The molecule has 1 N–H and O–H groups in total. The number of thioether (sulfide) groups is 1. The number of unbranched alkanes of at least 4 members (excludes halogenated alkanes) is 1. The molecule has 1 fully saturated rings. The molecule has 1 aliphatic rings. The highest BCUT2D eigenvalue weighted by Crippen LogP contribution is 2.34. The third kappa shape index (κ3) is 3.16. The fourth-order valence-corrected chi connectivity index (χ4v) is 2.83. The van der Waals surface area contributed by atoms with Gasteiger partial charge >= 0.3 is 0 Å². The van der Waals surface area contributed by atoms with Crippen molar-refractivity contribution >= 4 is 40.6 Å². The van der Waals surface area contributed by atoms with Crippen molar-refractivity contribution in [2.75, 3.05) is 6.54 Å². The number of aromatic hydroxyl groups is 1. The minimum absolute atomic E-state index is 0.0229. The van der Waals surface area contributed by atoms with Crippen molar-refractivity contribution < 1.29 is 14.7 Å². The Balaban J connectivity index is 2.25. The fraction of sp³-hybridized carbons (Fsp3) is 0.286. The van der Waals surface area contributed by atoms with Gasteiger partial charge in [0.25, 0.3) is 11.1 Å². The number of hydrogen-bond donors (Lipinski definition) is 1. The van der Waals surface area contributed by atoms with Gasteiger partial charge in [-0.2, -0.15) is 0 Å². The average Bonchev–Trinajstić information content (AvgIpc) is 2.67. The van der Waals surface area contributed by atoms with Crippen LogP contribution in [-0.4, -0.2) is 27.7 Å². The molecule has 2 rings (SSSR count). The summed E-state index contributed by atoms with van der Waals surface area (Å²) in [4.78, 5) is 25.5. The Kier molecular flexibility index (Phi) is 4.73. The van der Waals surface area contributed by atoms with Crippen LogP contribution >= 0.6 is 23.4 Å². The molecule has 0 saturated carbocycles. The van der Waals surface area contributed by atoms with Gasteiger partial charge in [0.1, 0.15) is 5.75 Å². The lowest BCUT2D eigenvalue weighted by Gasteiger charge is -2.10. The van der Waals surface area contributed by atoms with E-state index >= 15 is 0 Å². The average molecular weight is 312 g/mol. The molecule has 1 aliphatic heterocycles. The molecule has 0 aromatic heterocycles. The summed E-state index contributed by atoms with van der Waals surface area (Å²) in [6.45, 7) is 2.43. The van der Waals surface area contributed by atoms with Gasteiger partial charge in [0.2, 0.25) is 0 Å². The maximum Gasteiger partial charge on any atom is 0.293 e. The number of carbonyl (C=O) groups is 2. The number of amides is 2. The quantitative estimate of drug-likeness (QED) is 0.857. The van der Waals surface area contributed by atoms with Gasteiger partial charge in [0.05, 0.1) is 4.91 Å². The standard InChI is InChI=1S/C14H14ClNO3S/c1-2-3-6-16-13(18)12(20-14(16)19)8-9-7-10(15)4-5-11(9)17/h4-5,7-8,17H,2-3,6H2,1H3. The van der Waals surface area contributed by atoms with Gasteiger partial charge in [-0.25, -0.2) is 0 Å². The number of rotatable bonds is 4. The number of hydrogen-bond acceptors (Lipinski definition) is 4. The number of phenolic OH excluding ortho intramolecular Hbond substituents is 1. The van der Waals surface area contributed by atoms with Crippen LogP contribution in [0.15, 0.2) is 23.1 Å². The van der Waals surface area contributed by atoms with Gasteiger partial charge in [-0.1, -0.05) is 24.9 Å². The van der Waals surface area contributed by atoms with Crippen LogP contribution in [0.1, 0.15) is 25.3 Å². The van der Waals surface area contributed by atoms with Gasteiger partial charge in [-0.05, 0) is 42.5 Å². The SMILES string of the molecule is CCCCN1C(=O)SC(=Cc2cc(Cl)ccc2O)C1=O. The summed E-state index contributed by atoms with van der Waals surface area (Å²) in [6, 6.07) is 4.56. The van der Waals surface area contributed by atoms with Gasteiger partial charge < -0.3 is 5.11 Å². The van der Waals surface area contributed by atoms with Gasteiger partial charge in [-0.3, -0.25) is 14.5 Å². The fourth-order valence-electron chi connectivity index (χ4n) is 1.79. The highest BCUT2D eigenvalue weighted by molar-refractivity contribution is 8.18. The summed E-state index contributed by atoms with van der Waals surface area (Å²) in [5.74, 6) is -0.289. The van der Waals surface area contributed by atoms with Crippen molar-refractivity contribution in [3.05, 3.63) is 33.7 Å². The lowest BCUT2D eigenvalue weighted by molar-refractivity contribution is -0.122. The summed E-state index contributed by atoms with van der Waals surface area (Å²) in [6.07, 6.45) is 3.20. The Labute approximate surface area is 126 Å². The molecule has 1 saturated heterocycles. The van der Waals surface area contributed by atoms with Crippen LogP contribution < -0.4 is 0 Å². The molecule has 1 aromatic rings. The topological polar surface area (TPSA) is 57.6 Å². The Bertz CT molecular complexity index is 586. The Morgan fingerprint density at radius 2 is 2.15 bits per heavy atom. The van der Waals surface area contributed by atoms with Crippen LogP contribution in [-0.2, 0) is 4.79 Å². The summed E-state index contributed by atoms with van der Waals surface area (Å²) >= 11 is 6.74. The maximum absolute atomic E-state index is 12.1. The van der Waals surface area contributed by atoms with E-state index in [1.165, 1.54) is 17.0 Å². The highest BCUT2D eigenvalue weighted by atomic mass is 35.5. The zero-order valence-corrected chi connectivity index (χ0v) is 12.5. The number of imide groups is 1. The number of halogens is 1. The lowest BCUT2D eigenvalue weighted by atomic mass is 10.2. The van der Waals surface area contributed by atoms with Gasteiger partial charge in [0.15, 0.2) is 0 Å². The molecule has 2 amide bonds. The van der Waals surface area contributed by atoms with Crippen molar-refractivity contribution in [3.8, 4) is 5.75 Å². The van der Waals surface area contributed by atoms with Crippen LogP contribution in [0.4, 0.5) is 4.79 Å². The van der Waals surface area contributed by atoms with E-state index in [9.17, 15) is 14.7 Å². The summed E-state index contributed by atoms with van der Waals surface area (Å²) in [7, 11) is 0. The van der Waals surface area contributed by atoms with Crippen LogP contribution in [0.2, 0.25) is 5.02 Å². The highest BCUT2D eigenvalue weighted by Gasteiger charge is 2.34. The monoisotopic (exact) mass is 311 g/mol. The Hall–Kier alpha value is -1.46. The van der Waals surface area contributed by atoms with E-state index in [0.717, 1.165) is 24.6 Å². The third-order valence-corrected chi connectivity index (χ3v) is 4.03. The molecular formula is C14H14ClNO3S. The van der Waals surface area contributed by atoms with Crippen molar-refractivity contribution in [2.24, 2.45) is 0 Å². The second-order valence-corrected chi connectivity index (χ2v) is 5.82. The molecule has 0 spiro atoms. The van der Waals surface area contributed by atoms with Crippen molar-refractivity contribution in [1.82, 2.24) is 4.90 Å². The first-order chi connectivity index (χ1) is 9.52. The first-order valence-corrected chi connectivity index (χ1v) is 7.46. The molecule has 4 nitrogen and oxygen atoms in total. The zero-order chi connectivity index (χ0) is 14.7. The molecule has 0 unspecified atom stereocenters. The lowest BCUT2D eigenvalue weighted by Crippen LogP contribution is -2.29. The van der Waals surface area contributed by atoms with E-state index in [4.69, 9.17) is 11.6 Å². The predicted molar refractivity (Wildman–Crippen MR) is 80.7 cm³/mol. The number of nitrogens with zero attached hydrogens (tertiary/aromatic N) is 1. The third-order valence-electron chi connectivity index (χ3n) is 2.89. The van der Waals surface area contributed by atoms with Crippen LogP contribution in [0.5, 0.6) is 5.75 Å².